The number of nitrogens with two attached hydrogens (primary N) is 1. The van der Waals surface area contributed by atoms with Gasteiger partial charge in [0.2, 0.25) is 0 Å². The Morgan fingerprint density at radius 1 is 1.10 bits per heavy atom. The molecule has 20 heavy (non-hydrogen) atoms. The van der Waals surface area contributed by atoms with Crippen molar-refractivity contribution in [2.45, 2.75) is 6.42 Å². The monoisotopic (exact) mass is 291 g/mol. The second-order valence-electron chi connectivity index (χ2n) is 4.43. The van der Waals surface area contributed by atoms with Crippen molar-refractivity contribution in [3.8, 4) is 22.6 Å². The van der Waals surface area contributed by atoms with Crippen LogP contribution in [0.1, 0.15) is 5.56 Å². The first-order valence-corrected chi connectivity index (χ1v) is 6.78. The van der Waals surface area contributed by atoms with E-state index in [2.05, 4.69) is 6.07 Å². The molecule has 2 rings (SSSR count). The molecule has 2 aromatic rings. The maximum Gasteiger partial charge on any atom is 0.168 e. The van der Waals surface area contributed by atoms with E-state index in [1.54, 1.807) is 14.2 Å². The summed E-state index contributed by atoms with van der Waals surface area (Å²) in [7, 11) is 3.26. The Balaban J connectivity index is 2.62. The topological polar surface area (TPSA) is 44.5 Å². The average molecular weight is 292 g/mol. The van der Waals surface area contributed by atoms with E-state index in [-0.39, 0.29) is 0 Å². The normalized spacial score (nSPS) is 10.4. The average Bonchev–Trinajstić information content (AvgIpc) is 2.46. The highest BCUT2D eigenvalue weighted by Gasteiger charge is 2.14. The maximum absolute atomic E-state index is 6.07. The molecular weight excluding hydrogens is 274 g/mol. The highest BCUT2D eigenvalue weighted by Crippen LogP contribution is 2.39. The van der Waals surface area contributed by atoms with Crippen molar-refractivity contribution in [2.75, 3.05) is 20.8 Å². The van der Waals surface area contributed by atoms with Gasteiger partial charge in [0, 0.05) is 10.6 Å². The Morgan fingerprint density at radius 2 is 1.90 bits per heavy atom. The zero-order chi connectivity index (χ0) is 14.5. The van der Waals surface area contributed by atoms with Crippen molar-refractivity contribution in [3.05, 3.63) is 47.0 Å². The third kappa shape index (κ3) is 3.06. The van der Waals surface area contributed by atoms with Crippen LogP contribution in [0, 0.1) is 0 Å². The Morgan fingerprint density at radius 3 is 2.50 bits per heavy atom. The Kier molecular flexibility index (Phi) is 4.88. The first-order valence-electron chi connectivity index (χ1n) is 6.40. The van der Waals surface area contributed by atoms with Crippen LogP contribution in [0.25, 0.3) is 11.1 Å². The molecule has 0 aromatic heterocycles. The number of hydrogen-bond donors (Lipinski definition) is 1. The molecule has 4 heteroatoms. The summed E-state index contributed by atoms with van der Waals surface area (Å²) in [5.74, 6) is 1.41. The summed E-state index contributed by atoms with van der Waals surface area (Å²) >= 11 is 6.07. The Bertz CT molecular complexity index is 599. The van der Waals surface area contributed by atoms with Crippen molar-refractivity contribution in [1.29, 1.82) is 0 Å². The van der Waals surface area contributed by atoms with Crippen molar-refractivity contribution in [1.82, 2.24) is 0 Å². The lowest BCUT2D eigenvalue weighted by Gasteiger charge is -2.15. The summed E-state index contributed by atoms with van der Waals surface area (Å²) in [6.45, 7) is 0.588. The fraction of sp³-hybridized carbons (Fsp3) is 0.250. The molecule has 0 heterocycles. The Labute approximate surface area is 124 Å². The predicted octanol–water partition coefficient (Wildman–Crippen LogP) is 3.53. The molecule has 0 fully saturated rings. The molecule has 0 saturated heterocycles. The molecule has 2 N–H and O–H groups in total. The van der Waals surface area contributed by atoms with E-state index in [1.165, 1.54) is 0 Å². The molecule has 0 unspecified atom stereocenters. The molecule has 0 aliphatic carbocycles. The molecule has 0 aliphatic rings. The van der Waals surface area contributed by atoms with E-state index in [1.807, 2.05) is 30.3 Å². The third-order valence-corrected chi connectivity index (χ3v) is 3.34. The van der Waals surface area contributed by atoms with Crippen LogP contribution in [-0.4, -0.2) is 20.8 Å². The lowest BCUT2D eigenvalue weighted by atomic mass is 9.99. The van der Waals surface area contributed by atoms with Gasteiger partial charge >= 0.3 is 0 Å². The molecular formula is C16H18ClNO2. The first kappa shape index (κ1) is 14.7. The van der Waals surface area contributed by atoms with Gasteiger partial charge in [0.25, 0.3) is 0 Å². The summed E-state index contributed by atoms with van der Waals surface area (Å²) in [4.78, 5) is 0. The number of halogens is 1. The standard InChI is InChI=1S/C16H18ClNO2/c1-19-15-9-11(6-7-18)8-14(16(15)20-2)12-4-3-5-13(17)10-12/h3-5,8-10H,6-7,18H2,1-2H3. The van der Waals surface area contributed by atoms with Crippen molar-refractivity contribution in [2.24, 2.45) is 5.73 Å². The molecule has 0 saturated carbocycles. The minimum absolute atomic E-state index is 0.588. The molecule has 0 amide bonds. The van der Waals surface area contributed by atoms with E-state index in [9.17, 15) is 0 Å². The molecule has 3 nitrogen and oxygen atoms in total. The van der Waals surface area contributed by atoms with Gasteiger partial charge in [-0.15, -0.1) is 0 Å². The molecule has 2 aromatic carbocycles. The minimum Gasteiger partial charge on any atom is -0.493 e. The second kappa shape index (κ2) is 6.64. The highest BCUT2D eigenvalue weighted by atomic mass is 35.5. The minimum atomic E-state index is 0.588. The summed E-state index contributed by atoms with van der Waals surface area (Å²) in [6.07, 6.45) is 0.786. The molecule has 0 radical (unpaired) electrons. The number of benzene rings is 2. The number of methoxy groups -OCH3 is 2. The quantitative estimate of drug-likeness (QED) is 0.916. The van der Waals surface area contributed by atoms with Gasteiger partial charge in [-0.2, -0.15) is 0 Å². The highest BCUT2D eigenvalue weighted by molar-refractivity contribution is 6.30. The second-order valence-corrected chi connectivity index (χ2v) is 4.86. The van der Waals surface area contributed by atoms with Crippen LogP contribution in [-0.2, 0) is 6.42 Å². The van der Waals surface area contributed by atoms with Gasteiger partial charge in [-0.3, -0.25) is 0 Å². The fourth-order valence-electron chi connectivity index (χ4n) is 2.20. The molecule has 0 bridgehead atoms. The van der Waals surface area contributed by atoms with E-state index >= 15 is 0 Å². The van der Waals surface area contributed by atoms with E-state index < -0.39 is 0 Å². The Hall–Kier alpha value is -1.71. The molecule has 0 aliphatic heterocycles. The predicted molar refractivity (Wildman–Crippen MR) is 82.8 cm³/mol. The van der Waals surface area contributed by atoms with E-state index in [0.29, 0.717) is 23.1 Å². The zero-order valence-corrected chi connectivity index (χ0v) is 12.4. The van der Waals surface area contributed by atoms with Gasteiger partial charge in [-0.1, -0.05) is 23.7 Å². The van der Waals surface area contributed by atoms with Gasteiger partial charge in [0.15, 0.2) is 11.5 Å². The maximum atomic E-state index is 6.07. The van der Waals surface area contributed by atoms with Crippen LogP contribution in [0.5, 0.6) is 11.5 Å². The number of rotatable bonds is 5. The number of hydrogen-bond acceptors (Lipinski definition) is 3. The molecule has 106 valence electrons. The lowest BCUT2D eigenvalue weighted by molar-refractivity contribution is 0.355. The summed E-state index contributed by atoms with van der Waals surface area (Å²) in [5, 5.41) is 0.688. The SMILES string of the molecule is COc1cc(CCN)cc(-c2cccc(Cl)c2)c1OC. The van der Waals surface area contributed by atoms with Crippen LogP contribution in [0.15, 0.2) is 36.4 Å². The van der Waals surface area contributed by atoms with Gasteiger partial charge in [0.1, 0.15) is 0 Å². The van der Waals surface area contributed by atoms with Gasteiger partial charge in [0.05, 0.1) is 14.2 Å². The van der Waals surface area contributed by atoms with Crippen LogP contribution in [0.3, 0.4) is 0 Å². The van der Waals surface area contributed by atoms with Crippen LogP contribution in [0.4, 0.5) is 0 Å². The smallest absolute Gasteiger partial charge is 0.168 e. The summed E-state index contributed by atoms with van der Waals surface area (Å²) in [6, 6.07) is 11.7. The van der Waals surface area contributed by atoms with Gasteiger partial charge in [-0.05, 0) is 48.4 Å². The van der Waals surface area contributed by atoms with E-state index in [4.69, 9.17) is 26.8 Å². The first-order chi connectivity index (χ1) is 9.69. The lowest BCUT2D eigenvalue weighted by Crippen LogP contribution is -2.04. The van der Waals surface area contributed by atoms with Crippen LogP contribution < -0.4 is 15.2 Å². The van der Waals surface area contributed by atoms with E-state index in [0.717, 1.165) is 23.1 Å². The van der Waals surface area contributed by atoms with Crippen molar-refractivity contribution in [3.63, 3.8) is 0 Å². The fourth-order valence-corrected chi connectivity index (χ4v) is 2.39. The van der Waals surface area contributed by atoms with Gasteiger partial charge in [-0.25, -0.2) is 0 Å². The molecule has 0 atom stereocenters. The summed E-state index contributed by atoms with van der Waals surface area (Å²) < 4.78 is 10.9. The number of ether oxygens (including phenoxy) is 2. The molecule has 0 spiro atoms. The van der Waals surface area contributed by atoms with Crippen LogP contribution >= 0.6 is 11.6 Å². The van der Waals surface area contributed by atoms with Crippen molar-refractivity contribution < 1.29 is 9.47 Å². The van der Waals surface area contributed by atoms with Crippen LogP contribution in [0.2, 0.25) is 5.02 Å². The summed E-state index contributed by atoms with van der Waals surface area (Å²) in [5.41, 5.74) is 8.70. The third-order valence-electron chi connectivity index (χ3n) is 3.11. The zero-order valence-electron chi connectivity index (χ0n) is 11.7. The van der Waals surface area contributed by atoms with Gasteiger partial charge < -0.3 is 15.2 Å². The largest absolute Gasteiger partial charge is 0.493 e. The van der Waals surface area contributed by atoms with Crippen molar-refractivity contribution >= 4 is 11.6 Å².